The summed E-state index contributed by atoms with van der Waals surface area (Å²) < 4.78 is 5.70. The summed E-state index contributed by atoms with van der Waals surface area (Å²) in [6, 6.07) is 19.1. The molecule has 0 saturated carbocycles. The second kappa shape index (κ2) is 12.5. The van der Waals surface area contributed by atoms with Crippen LogP contribution in [0.3, 0.4) is 0 Å². The lowest BCUT2D eigenvalue weighted by atomic mass is 9.93. The molecule has 0 atom stereocenters. The Morgan fingerprint density at radius 1 is 0.929 bits per heavy atom. The number of carbonyl (C=O) groups is 2. The molecule has 5 rings (SSSR count). The number of nitrogens with one attached hydrogen (secondary N) is 2. The van der Waals surface area contributed by atoms with Gasteiger partial charge in [0.1, 0.15) is 11.4 Å². The van der Waals surface area contributed by atoms with Crippen LogP contribution in [0.1, 0.15) is 53.2 Å². The standard InChI is InChI=1S/C34H38N4O4/c1-22-10-8-11-23(2)31(22)28-21-25(14-15-30(28)42-4)29-16-19-38(41)32(24(3)35-29)33(39)36-27-13-9-12-26(20-27)34(40)37-17-6-5-7-18-37/h8-16,20-21,35,41H,5-7,17-19H2,1-4H3,(H,36,39). The summed E-state index contributed by atoms with van der Waals surface area (Å²) in [6.45, 7) is 7.52. The van der Waals surface area contributed by atoms with Crippen molar-refractivity contribution in [2.45, 2.75) is 40.0 Å². The van der Waals surface area contributed by atoms with Crippen LogP contribution in [0.15, 0.2) is 78.1 Å². The van der Waals surface area contributed by atoms with E-state index in [-0.39, 0.29) is 18.1 Å². The van der Waals surface area contributed by atoms with Gasteiger partial charge in [-0.25, -0.2) is 5.06 Å². The van der Waals surface area contributed by atoms with E-state index in [2.05, 4.69) is 42.7 Å². The summed E-state index contributed by atoms with van der Waals surface area (Å²) >= 11 is 0. The second-order valence-corrected chi connectivity index (χ2v) is 10.9. The molecule has 2 aliphatic heterocycles. The first-order valence-electron chi connectivity index (χ1n) is 14.4. The maximum absolute atomic E-state index is 13.4. The highest BCUT2D eigenvalue weighted by Crippen LogP contribution is 2.37. The summed E-state index contributed by atoms with van der Waals surface area (Å²) in [7, 11) is 1.66. The van der Waals surface area contributed by atoms with E-state index in [1.807, 2.05) is 29.2 Å². The number of amides is 2. The average Bonchev–Trinajstić information content (AvgIpc) is 3.14. The van der Waals surface area contributed by atoms with E-state index in [0.29, 0.717) is 16.9 Å². The Labute approximate surface area is 247 Å². The molecule has 218 valence electrons. The summed E-state index contributed by atoms with van der Waals surface area (Å²) in [4.78, 5) is 28.3. The van der Waals surface area contributed by atoms with Crippen LogP contribution >= 0.6 is 0 Å². The highest BCUT2D eigenvalue weighted by atomic mass is 16.5. The first kappa shape index (κ1) is 29.0. The number of hydrogen-bond donors (Lipinski definition) is 3. The molecule has 3 aromatic rings. The van der Waals surface area contributed by atoms with Crippen molar-refractivity contribution >= 4 is 23.2 Å². The van der Waals surface area contributed by atoms with Gasteiger partial charge in [0.05, 0.1) is 13.7 Å². The number of hydrogen-bond acceptors (Lipinski definition) is 6. The molecule has 0 bridgehead atoms. The molecule has 2 heterocycles. The molecule has 1 saturated heterocycles. The molecule has 8 nitrogen and oxygen atoms in total. The van der Waals surface area contributed by atoms with Crippen molar-refractivity contribution in [1.82, 2.24) is 15.3 Å². The third-order valence-electron chi connectivity index (χ3n) is 7.89. The number of rotatable bonds is 6. The van der Waals surface area contributed by atoms with Crippen LogP contribution in [-0.4, -0.2) is 53.7 Å². The van der Waals surface area contributed by atoms with Gasteiger partial charge in [0.25, 0.3) is 11.8 Å². The minimum absolute atomic E-state index is 0.0327. The lowest BCUT2D eigenvalue weighted by Gasteiger charge is -2.27. The number of nitrogens with zero attached hydrogens (tertiary/aromatic N) is 2. The first-order valence-corrected chi connectivity index (χ1v) is 14.4. The Kier molecular flexibility index (Phi) is 8.64. The topological polar surface area (TPSA) is 94.1 Å². The Balaban J connectivity index is 1.38. The molecule has 0 unspecified atom stereocenters. The predicted molar refractivity (Wildman–Crippen MR) is 165 cm³/mol. The number of anilines is 1. The van der Waals surface area contributed by atoms with Gasteiger partial charge in [-0.3, -0.25) is 14.8 Å². The number of carbonyl (C=O) groups excluding carboxylic acids is 2. The molecule has 8 heteroatoms. The zero-order valence-corrected chi connectivity index (χ0v) is 24.7. The Hall–Kier alpha value is -4.56. The second-order valence-electron chi connectivity index (χ2n) is 10.9. The quantitative estimate of drug-likeness (QED) is 0.333. The smallest absolute Gasteiger partial charge is 0.276 e. The lowest BCUT2D eigenvalue weighted by Crippen LogP contribution is -2.35. The van der Waals surface area contributed by atoms with Crippen molar-refractivity contribution in [2.75, 3.05) is 32.1 Å². The molecular formula is C34H38N4O4. The van der Waals surface area contributed by atoms with Crippen LogP contribution in [-0.2, 0) is 4.79 Å². The Bertz CT molecular complexity index is 1550. The zero-order valence-electron chi connectivity index (χ0n) is 24.7. The number of hydroxylamine groups is 2. The third-order valence-corrected chi connectivity index (χ3v) is 7.89. The molecule has 0 aromatic heterocycles. The molecular weight excluding hydrogens is 528 g/mol. The van der Waals surface area contributed by atoms with Crippen molar-refractivity contribution in [3.8, 4) is 16.9 Å². The summed E-state index contributed by atoms with van der Waals surface area (Å²) in [5.41, 5.74) is 7.63. The average molecular weight is 567 g/mol. The summed E-state index contributed by atoms with van der Waals surface area (Å²) in [5.74, 6) is 0.253. The highest BCUT2D eigenvalue weighted by molar-refractivity contribution is 6.05. The fourth-order valence-electron chi connectivity index (χ4n) is 5.76. The van der Waals surface area contributed by atoms with E-state index in [9.17, 15) is 14.8 Å². The van der Waals surface area contributed by atoms with E-state index >= 15 is 0 Å². The van der Waals surface area contributed by atoms with Crippen molar-refractivity contribution in [3.05, 3.63) is 100 Å². The number of likely N-dealkylation sites (tertiary alicyclic amines) is 1. The minimum Gasteiger partial charge on any atom is -0.496 e. The molecule has 0 spiro atoms. The Morgan fingerprint density at radius 3 is 2.36 bits per heavy atom. The fraction of sp³-hybridized carbons (Fsp3) is 0.294. The van der Waals surface area contributed by atoms with Gasteiger partial charge >= 0.3 is 0 Å². The zero-order chi connectivity index (χ0) is 29.8. The van der Waals surface area contributed by atoms with Gasteiger partial charge in [-0.1, -0.05) is 24.3 Å². The number of ether oxygens (including phenoxy) is 1. The molecule has 42 heavy (non-hydrogen) atoms. The lowest BCUT2D eigenvalue weighted by molar-refractivity contribution is -0.121. The van der Waals surface area contributed by atoms with Crippen LogP contribution in [0.4, 0.5) is 5.69 Å². The Morgan fingerprint density at radius 2 is 1.64 bits per heavy atom. The molecule has 1 fully saturated rings. The van der Waals surface area contributed by atoms with Gasteiger partial charge in [0.2, 0.25) is 0 Å². The molecule has 0 radical (unpaired) electrons. The largest absolute Gasteiger partial charge is 0.496 e. The number of allylic oxidation sites excluding steroid dienone is 1. The molecule has 2 amide bonds. The minimum atomic E-state index is -0.481. The van der Waals surface area contributed by atoms with Gasteiger partial charge < -0.3 is 20.3 Å². The van der Waals surface area contributed by atoms with E-state index in [0.717, 1.165) is 76.7 Å². The van der Waals surface area contributed by atoms with E-state index in [4.69, 9.17) is 4.74 Å². The van der Waals surface area contributed by atoms with Crippen molar-refractivity contribution in [1.29, 1.82) is 0 Å². The van der Waals surface area contributed by atoms with Crippen LogP contribution in [0.5, 0.6) is 5.75 Å². The highest BCUT2D eigenvalue weighted by Gasteiger charge is 2.24. The van der Waals surface area contributed by atoms with Gasteiger partial charge in [0, 0.05) is 41.3 Å². The summed E-state index contributed by atoms with van der Waals surface area (Å²) in [6.07, 6.45) is 5.00. The van der Waals surface area contributed by atoms with Crippen LogP contribution in [0.25, 0.3) is 16.8 Å². The van der Waals surface area contributed by atoms with Crippen molar-refractivity contribution in [2.24, 2.45) is 0 Å². The van der Waals surface area contributed by atoms with Gasteiger partial charge in [0.15, 0.2) is 0 Å². The van der Waals surface area contributed by atoms with E-state index < -0.39 is 5.91 Å². The van der Waals surface area contributed by atoms with Crippen molar-refractivity contribution < 1.29 is 19.5 Å². The molecule has 3 aromatic carbocycles. The monoisotopic (exact) mass is 566 g/mol. The van der Waals surface area contributed by atoms with Crippen molar-refractivity contribution in [3.63, 3.8) is 0 Å². The number of methoxy groups -OCH3 is 1. The molecule has 2 aliphatic rings. The number of benzene rings is 3. The van der Waals surface area contributed by atoms with Gasteiger partial charge in [-0.2, -0.15) is 0 Å². The maximum Gasteiger partial charge on any atom is 0.276 e. The van der Waals surface area contributed by atoms with E-state index in [1.54, 1.807) is 38.3 Å². The number of piperidine rings is 1. The van der Waals surface area contributed by atoms with Crippen LogP contribution in [0.2, 0.25) is 0 Å². The maximum atomic E-state index is 13.4. The SMILES string of the molecule is COc1ccc(C2=CCN(O)C(C(=O)Nc3cccc(C(=O)N4CCCCC4)c3)=C(C)N2)cc1-c1c(C)cccc1C. The molecule has 3 N–H and O–H groups in total. The molecule has 0 aliphatic carbocycles. The van der Waals surface area contributed by atoms with Gasteiger partial charge in [-0.05, 0) is 105 Å². The third kappa shape index (κ3) is 6.04. The van der Waals surface area contributed by atoms with Gasteiger partial charge in [-0.15, -0.1) is 0 Å². The van der Waals surface area contributed by atoms with Crippen LogP contribution < -0.4 is 15.4 Å². The van der Waals surface area contributed by atoms with Crippen LogP contribution in [0, 0.1) is 13.8 Å². The number of aryl methyl sites for hydroxylation is 2. The normalized spacial score (nSPS) is 15.5. The fourth-order valence-corrected chi connectivity index (χ4v) is 5.76. The first-order chi connectivity index (χ1) is 20.3. The summed E-state index contributed by atoms with van der Waals surface area (Å²) in [5, 5.41) is 18.0. The van der Waals surface area contributed by atoms with E-state index in [1.165, 1.54) is 0 Å². The predicted octanol–water partition coefficient (Wildman–Crippen LogP) is 6.11.